The number of ether oxygens (including phenoxy) is 1. The van der Waals surface area contributed by atoms with Crippen molar-refractivity contribution in [1.29, 1.82) is 0 Å². The normalized spacial score (nSPS) is 12.7. The fraction of sp³-hybridized carbons (Fsp3) is 0.452. The smallest absolute Gasteiger partial charge is 0.406 e. The molecule has 0 aliphatic rings. The molecule has 0 aliphatic carbocycles. The zero-order valence-electron chi connectivity index (χ0n) is 25.8. The van der Waals surface area contributed by atoms with Gasteiger partial charge in [0, 0.05) is 37.9 Å². The average Bonchev–Trinajstić information content (AvgIpc) is 2.97. The van der Waals surface area contributed by atoms with Gasteiger partial charge in [-0.3, -0.25) is 24.0 Å². The van der Waals surface area contributed by atoms with E-state index in [0.717, 1.165) is 17.7 Å². The molecule has 0 radical (unpaired) electrons. The standard InChI is InChI=1S/C31H39ClF3N5O6/c1-30(2,3)40-26(42)14-13-23(38-25(41)15-16-36-27(43)18-32)29(45)39-24(17-20-7-5-4-6-8-20)28(44)37-19-21-9-11-22(12-10-21)46-31(33,34)35/h4-12,23-24H,13-19H2,1-3H3,(H,36,43)(H,37,44)(H,38,41)(H,39,45)(H,40,42)/t23-,24-/m0/s1. The molecule has 2 aromatic rings. The Bertz CT molecular complexity index is 1320. The second-order valence-electron chi connectivity index (χ2n) is 11.4. The SMILES string of the molecule is CC(C)(C)NC(=O)CC[C@H](NC(=O)CCNC(=O)CCl)C(=O)N[C@@H](Cc1ccccc1)C(=O)NCc1ccc(OC(F)(F)F)cc1. The first-order valence-corrected chi connectivity index (χ1v) is 15.0. The first-order chi connectivity index (χ1) is 21.5. The van der Waals surface area contributed by atoms with Crippen LogP contribution in [0.1, 0.15) is 51.2 Å². The van der Waals surface area contributed by atoms with Gasteiger partial charge in [0.25, 0.3) is 0 Å². The van der Waals surface area contributed by atoms with Crippen molar-refractivity contribution in [3.63, 3.8) is 0 Å². The number of rotatable bonds is 16. The highest BCUT2D eigenvalue weighted by atomic mass is 35.5. The molecule has 5 amide bonds. The lowest BCUT2D eigenvalue weighted by molar-refractivity contribution is -0.274. The molecular formula is C31H39ClF3N5O6. The molecule has 0 spiro atoms. The van der Waals surface area contributed by atoms with Crippen LogP contribution >= 0.6 is 11.6 Å². The molecule has 5 N–H and O–H groups in total. The van der Waals surface area contributed by atoms with Crippen LogP contribution in [0, 0.1) is 0 Å². The molecule has 11 nitrogen and oxygen atoms in total. The van der Waals surface area contributed by atoms with E-state index in [9.17, 15) is 37.1 Å². The molecule has 2 aromatic carbocycles. The molecule has 0 saturated carbocycles. The predicted octanol–water partition coefficient (Wildman–Crippen LogP) is 2.85. The van der Waals surface area contributed by atoms with Crippen LogP contribution in [0.5, 0.6) is 5.75 Å². The van der Waals surface area contributed by atoms with E-state index >= 15 is 0 Å². The van der Waals surface area contributed by atoms with Gasteiger partial charge in [-0.1, -0.05) is 42.5 Å². The van der Waals surface area contributed by atoms with Crippen LogP contribution in [0.3, 0.4) is 0 Å². The van der Waals surface area contributed by atoms with E-state index < -0.39 is 53.4 Å². The Labute approximate surface area is 270 Å². The number of benzene rings is 2. The summed E-state index contributed by atoms with van der Waals surface area (Å²) in [6, 6.07) is 11.5. The molecule has 2 atom stereocenters. The van der Waals surface area contributed by atoms with E-state index in [4.69, 9.17) is 11.6 Å². The Balaban J connectivity index is 2.17. The molecule has 0 saturated heterocycles. The summed E-state index contributed by atoms with van der Waals surface area (Å²) in [5.41, 5.74) is 0.671. The Hall–Kier alpha value is -4.33. The van der Waals surface area contributed by atoms with Crippen molar-refractivity contribution in [2.75, 3.05) is 12.4 Å². The summed E-state index contributed by atoms with van der Waals surface area (Å²) in [5, 5.41) is 13.2. The number of carbonyl (C=O) groups is 5. The molecular weight excluding hydrogens is 631 g/mol. The third-order valence-electron chi connectivity index (χ3n) is 6.16. The number of hydrogen-bond donors (Lipinski definition) is 5. The van der Waals surface area contributed by atoms with Crippen LogP contribution in [0.2, 0.25) is 0 Å². The number of halogens is 4. The van der Waals surface area contributed by atoms with Gasteiger partial charge in [-0.15, -0.1) is 24.8 Å². The molecule has 0 aliphatic heterocycles. The number of carbonyl (C=O) groups excluding carboxylic acids is 5. The fourth-order valence-electron chi connectivity index (χ4n) is 4.11. The monoisotopic (exact) mass is 669 g/mol. The minimum atomic E-state index is -4.84. The summed E-state index contributed by atoms with van der Waals surface area (Å²) in [4.78, 5) is 63.3. The number of alkyl halides is 4. The molecule has 0 unspecified atom stereocenters. The lowest BCUT2D eigenvalue weighted by atomic mass is 10.0. The van der Waals surface area contributed by atoms with Crippen molar-refractivity contribution in [3.05, 3.63) is 65.7 Å². The van der Waals surface area contributed by atoms with Gasteiger partial charge in [-0.25, -0.2) is 0 Å². The third kappa shape index (κ3) is 15.6. The second-order valence-corrected chi connectivity index (χ2v) is 11.6. The van der Waals surface area contributed by atoms with Gasteiger partial charge in [0.05, 0.1) is 0 Å². The highest BCUT2D eigenvalue weighted by molar-refractivity contribution is 6.27. The topological polar surface area (TPSA) is 155 Å². The summed E-state index contributed by atoms with van der Waals surface area (Å²) >= 11 is 5.45. The molecule has 46 heavy (non-hydrogen) atoms. The molecule has 15 heteroatoms. The predicted molar refractivity (Wildman–Crippen MR) is 164 cm³/mol. The Morgan fingerprint density at radius 3 is 2.00 bits per heavy atom. The van der Waals surface area contributed by atoms with E-state index in [1.807, 2.05) is 0 Å². The van der Waals surface area contributed by atoms with Crippen molar-refractivity contribution in [1.82, 2.24) is 26.6 Å². The maximum absolute atomic E-state index is 13.5. The van der Waals surface area contributed by atoms with Crippen LogP contribution < -0.4 is 31.3 Å². The number of amides is 5. The first-order valence-electron chi connectivity index (χ1n) is 14.4. The lowest BCUT2D eigenvalue weighted by Gasteiger charge is -2.24. The molecule has 0 fully saturated rings. The van der Waals surface area contributed by atoms with E-state index in [-0.39, 0.29) is 50.6 Å². The van der Waals surface area contributed by atoms with Gasteiger partial charge in [-0.05, 0) is 50.5 Å². The Morgan fingerprint density at radius 2 is 1.41 bits per heavy atom. The van der Waals surface area contributed by atoms with Crippen LogP contribution in [0.4, 0.5) is 13.2 Å². The Kier molecular flexibility index (Phi) is 14.8. The first kappa shape index (κ1) is 37.9. The zero-order chi connectivity index (χ0) is 34.3. The number of nitrogens with one attached hydrogen (secondary N) is 5. The van der Waals surface area contributed by atoms with Gasteiger partial charge in [-0.2, -0.15) is 0 Å². The van der Waals surface area contributed by atoms with Crippen molar-refractivity contribution in [3.8, 4) is 5.75 Å². The summed E-state index contributed by atoms with van der Waals surface area (Å²) < 4.78 is 41.3. The highest BCUT2D eigenvalue weighted by Crippen LogP contribution is 2.22. The quantitative estimate of drug-likeness (QED) is 0.173. The zero-order valence-corrected chi connectivity index (χ0v) is 26.5. The van der Waals surface area contributed by atoms with Gasteiger partial charge in [0.2, 0.25) is 29.5 Å². The molecule has 0 heterocycles. The molecule has 2 rings (SSSR count). The van der Waals surface area contributed by atoms with Gasteiger partial charge in [0.1, 0.15) is 23.7 Å². The molecule has 0 aromatic heterocycles. The average molecular weight is 670 g/mol. The third-order valence-corrected chi connectivity index (χ3v) is 6.40. The minimum Gasteiger partial charge on any atom is -0.406 e. The second kappa shape index (κ2) is 18.0. The van der Waals surface area contributed by atoms with E-state index in [2.05, 4.69) is 31.3 Å². The summed E-state index contributed by atoms with van der Waals surface area (Å²) in [5.74, 6) is -3.39. The van der Waals surface area contributed by atoms with Crippen molar-refractivity contribution in [2.45, 2.75) is 77.0 Å². The van der Waals surface area contributed by atoms with Crippen molar-refractivity contribution >= 4 is 41.1 Å². The van der Waals surface area contributed by atoms with E-state index in [1.54, 1.807) is 51.1 Å². The molecule has 252 valence electrons. The maximum Gasteiger partial charge on any atom is 0.573 e. The lowest BCUT2D eigenvalue weighted by Crippen LogP contribution is -2.54. The minimum absolute atomic E-state index is 0.0292. The van der Waals surface area contributed by atoms with Crippen molar-refractivity contribution < 1.29 is 41.9 Å². The largest absolute Gasteiger partial charge is 0.573 e. The van der Waals surface area contributed by atoms with Gasteiger partial charge >= 0.3 is 6.36 Å². The fourth-order valence-corrected chi connectivity index (χ4v) is 4.20. The van der Waals surface area contributed by atoms with Crippen molar-refractivity contribution in [2.24, 2.45) is 0 Å². The highest BCUT2D eigenvalue weighted by Gasteiger charge is 2.31. The molecule has 0 bridgehead atoms. The summed E-state index contributed by atoms with van der Waals surface area (Å²) in [6.45, 7) is 5.29. The summed E-state index contributed by atoms with van der Waals surface area (Å²) in [6.07, 6.45) is -5.12. The van der Waals surface area contributed by atoms with Crippen LogP contribution in [-0.4, -0.2) is 65.9 Å². The summed E-state index contributed by atoms with van der Waals surface area (Å²) in [7, 11) is 0. The van der Waals surface area contributed by atoms with Crippen LogP contribution in [0.25, 0.3) is 0 Å². The van der Waals surface area contributed by atoms with E-state index in [0.29, 0.717) is 5.56 Å². The van der Waals surface area contributed by atoms with Crippen LogP contribution in [-0.2, 0) is 36.9 Å². The van der Waals surface area contributed by atoms with Gasteiger partial charge < -0.3 is 31.3 Å². The maximum atomic E-state index is 13.5. The van der Waals surface area contributed by atoms with E-state index in [1.165, 1.54) is 12.1 Å². The van der Waals surface area contributed by atoms with Crippen LogP contribution in [0.15, 0.2) is 54.6 Å². The Morgan fingerprint density at radius 1 is 0.761 bits per heavy atom. The van der Waals surface area contributed by atoms with Gasteiger partial charge in [0.15, 0.2) is 0 Å². The number of hydrogen-bond acceptors (Lipinski definition) is 6.